The van der Waals surface area contributed by atoms with Crippen LogP contribution in [0.5, 0.6) is 11.5 Å². The fraction of sp³-hybridized carbons (Fsp3) is 0.538. The lowest BCUT2D eigenvalue weighted by atomic mass is 10.0. The first kappa shape index (κ1) is 28.7. The molecule has 0 unspecified atom stereocenters. The molecule has 0 amide bonds. The maximum absolute atomic E-state index is 13.8. The van der Waals surface area contributed by atoms with E-state index in [1.807, 2.05) is 20.8 Å². The number of hydrogen-bond acceptors (Lipinski definition) is 10. The third kappa shape index (κ3) is 6.31. The number of nitrogens with zero attached hydrogens (tertiary/aromatic N) is 5. The molecule has 0 spiro atoms. The smallest absolute Gasteiger partial charge is 0.243 e. The Morgan fingerprint density at radius 1 is 1.08 bits per heavy atom. The predicted octanol–water partition coefficient (Wildman–Crippen LogP) is 3.57. The number of hydrogen-bond donors (Lipinski definition) is 1. The Morgan fingerprint density at radius 2 is 1.79 bits per heavy atom. The van der Waals surface area contributed by atoms with Crippen LogP contribution in [0.25, 0.3) is 5.69 Å². The molecular formula is C26H36N6O6S. The highest BCUT2D eigenvalue weighted by Crippen LogP contribution is 2.38. The molecule has 1 fully saturated rings. The van der Waals surface area contributed by atoms with Crippen LogP contribution >= 0.6 is 0 Å². The van der Waals surface area contributed by atoms with E-state index in [1.165, 1.54) is 20.4 Å². The van der Waals surface area contributed by atoms with Crippen molar-refractivity contribution in [2.45, 2.75) is 63.9 Å². The maximum atomic E-state index is 13.8. The summed E-state index contributed by atoms with van der Waals surface area (Å²) in [6.45, 7) is 8.16. The average Bonchev–Trinajstić information content (AvgIpc) is 3.33. The van der Waals surface area contributed by atoms with Gasteiger partial charge in [-0.05, 0) is 52.7 Å². The number of para-hydroxylation sites is 1. The van der Waals surface area contributed by atoms with Gasteiger partial charge in [-0.3, -0.25) is 19.3 Å². The highest BCUT2D eigenvalue weighted by molar-refractivity contribution is 7.93. The second-order valence-electron chi connectivity index (χ2n) is 9.68. The van der Waals surface area contributed by atoms with Gasteiger partial charge in [0.15, 0.2) is 0 Å². The quantitative estimate of drug-likeness (QED) is 0.370. The third-order valence-electron chi connectivity index (χ3n) is 6.50. The van der Waals surface area contributed by atoms with Crippen LogP contribution in [0.15, 0.2) is 30.6 Å². The van der Waals surface area contributed by atoms with Crippen LogP contribution in [-0.4, -0.2) is 71.9 Å². The Balaban J connectivity index is 1.79. The lowest BCUT2D eigenvalue weighted by molar-refractivity contribution is 0.00394. The van der Waals surface area contributed by atoms with Crippen LogP contribution in [0.2, 0.25) is 0 Å². The summed E-state index contributed by atoms with van der Waals surface area (Å²) in [6.07, 6.45) is 3.66. The summed E-state index contributed by atoms with van der Waals surface area (Å²) in [7, 11) is -1.01. The molecule has 13 heteroatoms. The second-order valence-corrected chi connectivity index (χ2v) is 11.7. The molecule has 3 atom stereocenters. The standard InChI is InChI=1S/C26H36N6O6S/c1-16(2)38-24(20-14-27-17(3)13-28-20)18(4)39(33,34)31-26-30-29-25(19-9-8-12-37-15-19)32(26)23-21(35-5)10-7-11-22(23)36-6/h7,10-11,13-14,16,18-19,24H,8-9,12,15H2,1-6H3,(H,30,31)/t18-,19-,24+/m1/s1. The Labute approximate surface area is 229 Å². The lowest BCUT2D eigenvalue weighted by Crippen LogP contribution is -2.34. The molecule has 0 radical (unpaired) electrons. The Morgan fingerprint density at radius 3 is 2.36 bits per heavy atom. The van der Waals surface area contributed by atoms with Crippen molar-refractivity contribution >= 4 is 16.0 Å². The van der Waals surface area contributed by atoms with Gasteiger partial charge in [0.05, 0.1) is 44.5 Å². The van der Waals surface area contributed by atoms with Gasteiger partial charge >= 0.3 is 0 Å². The molecule has 3 heterocycles. The van der Waals surface area contributed by atoms with Gasteiger partial charge < -0.3 is 18.9 Å². The van der Waals surface area contributed by atoms with Crippen molar-refractivity contribution in [3.8, 4) is 17.2 Å². The summed E-state index contributed by atoms with van der Waals surface area (Å²) in [5, 5.41) is 7.64. The van der Waals surface area contributed by atoms with Crippen LogP contribution < -0.4 is 14.2 Å². The molecule has 4 rings (SSSR count). The van der Waals surface area contributed by atoms with Crippen molar-refractivity contribution in [3.05, 3.63) is 47.8 Å². The second kappa shape index (κ2) is 12.3. The van der Waals surface area contributed by atoms with Crippen LogP contribution in [0, 0.1) is 6.92 Å². The maximum Gasteiger partial charge on any atom is 0.243 e. The van der Waals surface area contributed by atoms with Crippen LogP contribution in [0.1, 0.15) is 62.8 Å². The van der Waals surface area contributed by atoms with Gasteiger partial charge in [0.25, 0.3) is 0 Å². The van der Waals surface area contributed by atoms with Crippen molar-refractivity contribution in [3.63, 3.8) is 0 Å². The van der Waals surface area contributed by atoms with Crippen molar-refractivity contribution in [2.24, 2.45) is 0 Å². The first-order valence-electron chi connectivity index (χ1n) is 12.9. The Bertz CT molecular complexity index is 1330. The Kier molecular flexibility index (Phi) is 9.03. The number of sulfonamides is 1. The molecule has 2 aromatic heterocycles. The summed E-state index contributed by atoms with van der Waals surface area (Å²) >= 11 is 0. The fourth-order valence-electron chi connectivity index (χ4n) is 4.49. The molecule has 1 N–H and O–H groups in total. The number of ether oxygens (including phenoxy) is 4. The SMILES string of the molecule is COc1cccc(OC)c1-n1c(NS(=O)(=O)[C@H](C)[C@H](OC(C)C)c2cnc(C)cn2)nnc1[C@@H]1CCCOC1. The molecule has 1 saturated heterocycles. The van der Waals surface area contributed by atoms with E-state index in [4.69, 9.17) is 18.9 Å². The average molecular weight is 561 g/mol. The number of rotatable bonds is 11. The molecule has 3 aromatic rings. The number of anilines is 1. The van der Waals surface area contributed by atoms with Crippen LogP contribution in [0.3, 0.4) is 0 Å². The number of benzene rings is 1. The highest BCUT2D eigenvalue weighted by Gasteiger charge is 2.36. The molecule has 39 heavy (non-hydrogen) atoms. The first-order valence-corrected chi connectivity index (χ1v) is 14.4. The van der Waals surface area contributed by atoms with Crippen LogP contribution in [0.4, 0.5) is 5.95 Å². The number of methoxy groups -OCH3 is 2. The summed E-state index contributed by atoms with van der Waals surface area (Å²) in [5.41, 5.74) is 1.62. The van der Waals surface area contributed by atoms with Crippen molar-refractivity contribution in [1.29, 1.82) is 0 Å². The van der Waals surface area contributed by atoms with Gasteiger partial charge in [0.1, 0.15) is 34.4 Å². The van der Waals surface area contributed by atoms with Gasteiger partial charge in [-0.25, -0.2) is 8.42 Å². The monoisotopic (exact) mass is 560 g/mol. The van der Waals surface area contributed by atoms with E-state index < -0.39 is 21.4 Å². The van der Waals surface area contributed by atoms with Crippen molar-refractivity contribution in [2.75, 3.05) is 32.2 Å². The molecular weight excluding hydrogens is 524 g/mol. The summed E-state index contributed by atoms with van der Waals surface area (Å²) in [6, 6.07) is 5.32. The normalized spacial score (nSPS) is 17.6. The molecule has 0 saturated carbocycles. The highest BCUT2D eigenvalue weighted by atomic mass is 32.2. The third-order valence-corrected chi connectivity index (χ3v) is 8.19. The number of aromatic nitrogens is 5. The summed E-state index contributed by atoms with van der Waals surface area (Å²) in [4.78, 5) is 8.67. The lowest BCUT2D eigenvalue weighted by Gasteiger charge is -2.27. The van der Waals surface area contributed by atoms with Crippen molar-refractivity contribution in [1.82, 2.24) is 24.7 Å². The largest absolute Gasteiger partial charge is 0.494 e. The van der Waals surface area contributed by atoms with E-state index in [0.717, 1.165) is 12.8 Å². The zero-order valence-electron chi connectivity index (χ0n) is 23.1. The van der Waals surface area contributed by atoms with Crippen molar-refractivity contribution < 1.29 is 27.4 Å². The minimum Gasteiger partial charge on any atom is -0.494 e. The van der Waals surface area contributed by atoms with Gasteiger partial charge in [-0.1, -0.05) is 6.07 Å². The van der Waals surface area contributed by atoms with Crippen LogP contribution in [-0.2, 0) is 19.5 Å². The zero-order valence-corrected chi connectivity index (χ0v) is 23.9. The molecule has 0 bridgehead atoms. The zero-order chi connectivity index (χ0) is 28.2. The minimum atomic E-state index is -4.08. The first-order chi connectivity index (χ1) is 18.7. The van der Waals surface area contributed by atoms with Gasteiger partial charge in [0, 0.05) is 18.7 Å². The molecule has 212 valence electrons. The minimum absolute atomic E-state index is 0.00325. The van der Waals surface area contributed by atoms with E-state index in [-0.39, 0.29) is 18.0 Å². The van der Waals surface area contributed by atoms with E-state index >= 15 is 0 Å². The van der Waals surface area contributed by atoms with E-state index in [2.05, 4.69) is 24.9 Å². The molecule has 1 aliphatic heterocycles. The van der Waals surface area contributed by atoms with Gasteiger partial charge in [0.2, 0.25) is 16.0 Å². The summed E-state index contributed by atoms with van der Waals surface area (Å²) in [5.74, 6) is 1.38. The van der Waals surface area contributed by atoms with E-state index in [9.17, 15) is 8.42 Å². The molecule has 1 aromatic carbocycles. The van der Waals surface area contributed by atoms with Gasteiger partial charge in [-0.15, -0.1) is 10.2 Å². The summed E-state index contributed by atoms with van der Waals surface area (Å²) < 4.78 is 55.0. The predicted molar refractivity (Wildman–Crippen MR) is 145 cm³/mol. The van der Waals surface area contributed by atoms with Gasteiger partial charge in [-0.2, -0.15) is 0 Å². The molecule has 0 aliphatic carbocycles. The number of nitrogens with one attached hydrogen (secondary N) is 1. The topological polar surface area (TPSA) is 140 Å². The van der Waals surface area contributed by atoms with E-state index in [1.54, 1.807) is 35.9 Å². The molecule has 1 aliphatic rings. The van der Waals surface area contributed by atoms with E-state index in [0.29, 0.717) is 47.6 Å². The number of aryl methyl sites for hydroxylation is 1. The Hall–Kier alpha value is -3.29. The fourth-order valence-corrected chi connectivity index (χ4v) is 5.59. The molecule has 12 nitrogen and oxygen atoms in total.